The number of amides is 1. The van der Waals surface area contributed by atoms with Crippen LogP contribution in [0.1, 0.15) is 26.7 Å². The highest BCUT2D eigenvalue weighted by Crippen LogP contribution is 2.23. The maximum Gasteiger partial charge on any atom is 0.227 e. The molecule has 0 saturated carbocycles. The number of benzene rings is 1. The van der Waals surface area contributed by atoms with Gasteiger partial charge in [0.25, 0.3) is 0 Å². The summed E-state index contributed by atoms with van der Waals surface area (Å²) in [7, 11) is 0. The first-order valence-corrected chi connectivity index (χ1v) is 7.94. The molecule has 0 spiro atoms. The number of piperidine rings is 1. The molecule has 104 valence electrons. The maximum atomic E-state index is 12.2. The number of carbonyl (C=O) groups is 1. The van der Waals surface area contributed by atoms with Crippen molar-refractivity contribution in [3.63, 3.8) is 0 Å². The van der Waals surface area contributed by atoms with E-state index in [1.807, 2.05) is 12.1 Å². The van der Waals surface area contributed by atoms with E-state index in [0.717, 1.165) is 30.8 Å². The van der Waals surface area contributed by atoms with E-state index in [0.29, 0.717) is 6.04 Å². The Labute approximate surface area is 119 Å². The van der Waals surface area contributed by atoms with E-state index >= 15 is 0 Å². The Bertz CT molecular complexity index is 436. The molecule has 4 heteroatoms. The quantitative estimate of drug-likeness (QED) is 0.831. The minimum atomic E-state index is 0.138. The summed E-state index contributed by atoms with van der Waals surface area (Å²) in [5.41, 5.74) is 0.912. The Morgan fingerprint density at radius 2 is 2.37 bits per heavy atom. The smallest absolute Gasteiger partial charge is 0.227 e. The lowest BCUT2D eigenvalue weighted by atomic mass is 9.92. The van der Waals surface area contributed by atoms with Gasteiger partial charge in [0.1, 0.15) is 0 Å². The summed E-state index contributed by atoms with van der Waals surface area (Å²) in [5, 5.41) is 6.42. The molecule has 2 N–H and O–H groups in total. The highest BCUT2D eigenvalue weighted by Gasteiger charge is 2.24. The summed E-state index contributed by atoms with van der Waals surface area (Å²) < 4.78 is 0. The minimum absolute atomic E-state index is 0.138. The van der Waals surface area contributed by atoms with Crippen molar-refractivity contribution in [3.05, 3.63) is 24.3 Å². The fourth-order valence-electron chi connectivity index (χ4n) is 2.44. The average Bonchev–Trinajstić information content (AvgIpc) is 2.39. The van der Waals surface area contributed by atoms with Gasteiger partial charge in [0.15, 0.2) is 0 Å². The van der Waals surface area contributed by atoms with Crippen molar-refractivity contribution in [2.75, 3.05) is 17.6 Å². The van der Waals surface area contributed by atoms with Crippen LogP contribution >= 0.6 is 11.8 Å². The van der Waals surface area contributed by atoms with Crippen LogP contribution in [0.5, 0.6) is 0 Å². The lowest BCUT2D eigenvalue weighted by Gasteiger charge is -2.27. The predicted octanol–water partition coefficient (Wildman–Crippen LogP) is 3.13. The zero-order valence-corrected chi connectivity index (χ0v) is 12.4. The minimum Gasteiger partial charge on any atom is -0.326 e. The van der Waals surface area contributed by atoms with Crippen LogP contribution in [0.15, 0.2) is 29.2 Å². The lowest BCUT2D eigenvalue weighted by molar-refractivity contribution is -0.120. The van der Waals surface area contributed by atoms with Gasteiger partial charge in [0.05, 0.1) is 0 Å². The molecule has 1 aromatic rings. The van der Waals surface area contributed by atoms with Crippen LogP contribution in [0, 0.1) is 5.92 Å². The second-order valence-electron chi connectivity index (χ2n) is 5.03. The van der Waals surface area contributed by atoms with Gasteiger partial charge in [-0.25, -0.2) is 0 Å². The molecule has 1 fully saturated rings. The van der Waals surface area contributed by atoms with Gasteiger partial charge in [-0.3, -0.25) is 4.79 Å². The molecule has 1 aliphatic heterocycles. The van der Waals surface area contributed by atoms with Gasteiger partial charge in [-0.05, 0) is 50.3 Å². The third-order valence-corrected chi connectivity index (χ3v) is 4.28. The third-order valence-electron chi connectivity index (χ3n) is 3.41. The molecule has 1 aromatic carbocycles. The Morgan fingerprint density at radius 3 is 3.11 bits per heavy atom. The van der Waals surface area contributed by atoms with Gasteiger partial charge in [-0.1, -0.05) is 13.0 Å². The van der Waals surface area contributed by atoms with Gasteiger partial charge in [0.2, 0.25) is 5.91 Å². The zero-order chi connectivity index (χ0) is 13.7. The van der Waals surface area contributed by atoms with Gasteiger partial charge in [-0.2, -0.15) is 0 Å². The second-order valence-corrected chi connectivity index (χ2v) is 6.36. The topological polar surface area (TPSA) is 41.1 Å². The fourth-order valence-corrected chi connectivity index (χ4v) is 3.16. The molecule has 0 aromatic heterocycles. The van der Waals surface area contributed by atoms with Crippen LogP contribution in [-0.2, 0) is 4.79 Å². The molecule has 0 radical (unpaired) electrons. The van der Waals surface area contributed by atoms with Crippen LogP contribution in [0.3, 0.4) is 0 Å². The van der Waals surface area contributed by atoms with E-state index in [1.165, 1.54) is 4.90 Å². The van der Waals surface area contributed by atoms with Crippen molar-refractivity contribution in [2.24, 2.45) is 5.92 Å². The number of anilines is 1. The summed E-state index contributed by atoms with van der Waals surface area (Å²) in [6.45, 7) is 5.20. The van der Waals surface area contributed by atoms with Crippen molar-refractivity contribution in [3.8, 4) is 0 Å². The van der Waals surface area contributed by atoms with Gasteiger partial charge < -0.3 is 10.6 Å². The molecular formula is C15H22N2OS. The predicted molar refractivity (Wildman–Crippen MR) is 81.7 cm³/mol. The van der Waals surface area contributed by atoms with Crippen LogP contribution in [0.2, 0.25) is 0 Å². The lowest BCUT2D eigenvalue weighted by Crippen LogP contribution is -2.40. The second kappa shape index (κ2) is 6.96. The molecule has 1 heterocycles. The Hall–Kier alpha value is -1.00. The first-order chi connectivity index (χ1) is 9.19. The van der Waals surface area contributed by atoms with E-state index < -0.39 is 0 Å². The Morgan fingerprint density at radius 1 is 1.53 bits per heavy atom. The number of hydrogen-bond donors (Lipinski definition) is 2. The summed E-state index contributed by atoms with van der Waals surface area (Å²) in [5.74, 6) is 1.34. The molecule has 3 nitrogen and oxygen atoms in total. The first-order valence-electron chi connectivity index (χ1n) is 6.96. The van der Waals surface area contributed by atoms with E-state index in [9.17, 15) is 4.79 Å². The number of nitrogens with one attached hydrogen (secondary N) is 2. The van der Waals surface area contributed by atoms with Crippen molar-refractivity contribution in [1.82, 2.24) is 5.32 Å². The van der Waals surface area contributed by atoms with Crippen molar-refractivity contribution < 1.29 is 4.79 Å². The maximum absolute atomic E-state index is 12.2. The molecule has 0 bridgehead atoms. The third kappa shape index (κ3) is 4.25. The highest BCUT2D eigenvalue weighted by atomic mass is 32.2. The van der Waals surface area contributed by atoms with Crippen LogP contribution in [-0.4, -0.2) is 24.2 Å². The van der Waals surface area contributed by atoms with Gasteiger partial charge >= 0.3 is 0 Å². The van der Waals surface area contributed by atoms with Crippen LogP contribution in [0.4, 0.5) is 5.69 Å². The normalized spacial score (nSPS) is 23.1. The molecule has 0 aliphatic carbocycles. The van der Waals surface area contributed by atoms with Crippen molar-refractivity contribution in [2.45, 2.75) is 37.6 Å². The fraction of sp³-hybridized carbons (Fsp3) is 0.533. The number of carbonyl (C=O) groups excluding carboxylic acids is 1. The zero-order valence-electron chi connectivity index (χ0n) is 11.6. The standard InChI is InChI=1S/C15H22N2OS/c1-3-19-14-6-4-5-13(10-14)17-15(18)12-7-8-16-11(2)9-12/h4-6,10-12,16H,3,7-9H2,1-2H3,(H,17,18)/t11-,12-/m0/s1. The van der Waals surface area contributed by atoms with E-state index in [4.69, 9.17) is 0 Å². The monoisotopic (exact) mass is 278 g/mol. The van der Waals surface area contributed by atoms with Crippen molar-refractivity contribution in [1.29, 1.82) is 0 Å². The molecule has 1 saturated heterocycles. The first kappa shape index (κ1) is 14.4. The van der Waals surface area contributed by atoms with Crippen LogP contribution < -0.4 is 10.6 Å². The molecular weight excluding hydrogens is 256 g/mol. The van der Waals surface area contributed by atoms with E-state index in [1.54, 1.807) is 11.8 Å². The summed E-state index contributed by atoms with van der Waals surface area (Å²) in [4.78, 5) is 13.4. The van der Waals surface area contributed by atoms with E-state index in [-0.39, 0.29) is 11.8 Å². The largest absolute Gasteiger partial charge is 0.326 e. The highest BCUT2D eigenvalue weighted by molar-refractivity contribution is 7.99. The molecule has 1 aliphatic rings. The Kier molecular flexibility index (Phi) is 5.28. The van der Waals surface area contributed by atoms with Crippen LogP contribution in [0.25, 0.3) is 0 Å². The summed E-state index contributed by atoms with van der Waals surface area (Å²) in [6, 6.07) is 8.53. The number of rotatable bonds is 4. The number of hydrogen-bond acceptors (Lipinski definition) is 3. The molecule has 2 atom stereocenters. The van der Waals surface area contributed by atoms with Gasteiger partial charge in [-0.15, -0.1) is 11.8 Å². The van der Waals surface area contributed by atoms with Crippen molar-refractivity contribution >= 4 is 23.4 Å². The Balaban J connectivity index is 1.96. The summed E-state index contributed by atoms with van der Waals surface area (Å²) in [6.07, 6.45) is 1.86. The van der Waals surface area contributed by atoms with Gasteiger partial charge in [0, 0.05) is 22.5 Å². The molecule has 2 rings (SSSR count). The SMILES string of the molecule is CCSc1cccc(NC(=O)[C@H]2CCN[C@@H](C)C2)c1. The average molecular weight is 278 g/mol. The number of thioether (sulfide) groups is 1. The summed E-state index contributed by atoms with van der Waals surface area (Å²) >= 11 is 1.79. The van der Waals surface area contributed by atoms with E-state index in [2.05, 4.69) is 36.6 Å². The molecule has 0 unspecified atom stereocenters. The molecule has 19 heavy (non-hydrogen) atoms. The molecule has 1 amide bonds.